The van der Waals surface area contributed by atoms with Crippen LogP contribution in [0.15, 0.2) is 52.6 Å². The highest BCUT2D eigenvalue weighted by Gasteiger charge is 2.19. The Morgan fingerprint density at radius 2 is 2.00 bits per heavy atom. The van der Waals surface area contributed by atoms with Crippen molar-refractivity contribution < 1.29 is 13.3 Å². The van der Waals surface area contributed by atoms with Crippen LogP contribution in [0.1, 0.15) is 25.0 Å². The molecule has 4 rings (SSSR count). The SMILES string of the molecule is CN(C)c1cccc2c(S(=O)(=O)NCc3cn(CCO/N=C/C4CCC4)nn3)cccc12. The van der Waals surface area contributed by atoms with Crippen molar-refractivity contribution in [1.82, 2.24) is 19.7 Å². The largest absolute Gasteiger partial charge is 0.394 e. The Labute approximate surface area is 188 Å². The van der Waals surface area contributed by atoms with Gasteiger partial charge in [0.1, 0.15) is 6.61 Å². The second kappa shape index (κ2) is 9.66. The first kappa shape index (κ1) is 22.2. The fourth-order valence-corrected chi connectivity index (χ4v) is 4.79. The number of hydrogen-bond acceptors (Lipinski definition) is 7. The lowest BCUT2D eigenvalue weighted by Gasteiger charge is -2.19. The number of rotatable bonds is 10. The van der Waals surface area contributed by atoms with Gasteiger partial charge < -0.3 is 9.74 Å². The van der Waals surface area contributed by atoms with Crippen molar-refractivity contribution in [3.8, 4) is 0 Å². The van der Waals surface area contributed by atoms with Gasteiger partial charge in [-0.1, -0.05) is 41.1 Å². The van der Waals surface area contributed by atoms with E-state index in [9.17, 15) is 8.42 Å². The Morgan fingerprint density at radius 3 is 2.75 bits per heavy atom. The molecule has 0 aliphatic heterocycles. The molecule has 3 aromatic rings. The smallest absolute Gasteiger partial charge is 0.241 e. The van der Waals surface area contributed by atoms with E-state index in [-0.39, 0.29) is 11.4 Å². The molecule has 1 aromatic heterocycles. The van der Waals surface area contributed by atoms with E-state index < -0.39 is 10.0 Å². The summed E-state index contributed by atoms with van der Waals surface area (Å²) in [4.78, 5) is 7.46. The maximum absolute atomic E-state index is 13.0. The summed E-state index contributed by atoms with van der Waals surface area (Å²) in [6.45, 7) is 0.910. The summed E-state index contributed by atoms with van der Waals surface area (Å²) in [6, 6.07) is 10.9. The van der Waals surface area contributed by atoms with Crippen molar-refractivity contribution in [2.24, 2.45) is 11.1 Å². The van der Waals surface area contributed by atoms with Crippen molar-refractivity contribution >= 4 is 32.7 Å². The molecule has 1 heterocycles. The monoisotopic (exact) mass is 456 g/mol. The third kappa shape index (κ3) is 5.08. The van der Waals surface area contributed by atoms with Crippen molar-refractivity contribution in [3.63, 3.8) is 0 Å². The average molecular weight is 457 g/mol. The zero-order valence-electron chi connectivity index (χ0n) is 18.3. The van der Waals surface area contributed by atoms with Crippen molar-refractivity contribution in [2.45, 2.75) is 37.2 Å². The highest BCUT2D eigenvalue weighted by atomic mass is 32.2. The van der Waals surface area contributed by atoms with Gasteiger partial charge in [-0.15, -0.1) is 5.10 Å². The van der Waals surface area contributed by atoms with Crippen LogP contribution >= 0.6 is 0 Å². The number of sulfonamides is 1. The molecule has 170 valence electrons. The summed E-state index contributed by atoms with van der Waals surface area (Å²) in [5.41, 5.74) is 1.49. The highest BCUT2D eigenvalue weighted by Crippen LogP contribution is 2.30. The van der Waals surface area contributed by atoms with Crippen LogP contribution in [0.2, 0.25) is 0 Å². The highest BCUT2D eigenvalue weighted by molar-refractivity contribution is 7.89. The molecule has 1 saturated carbocycles. The molecular formula is C22H28N6O3S. The second-order valence-electron chi connectivity index (χ2n) is 8.10. The number of nitrogens with zero attached hydrogens (tertiary/aromatic N) is 5. The molecule has 1 aliphatic rings. The van der Waals surface area contributed by atoms with Crippen LogP contribution in [-0.2, 0) is 28.0 Å². The first-order valence-electron chi connectivity index (χ1n) is 10.7. The van der Waals surface area contributed by atoms with Crippen LogP contribution in [0.3, 0.4) is 0 Å². The van der Waals surface area contributed by atoms with Gasteiger partial charge in [0.25, 0.3) is 0 Å². The molecule has 32 heavy (non-hydrogen) atoms. The minimum atomic E-state index is -3.74. The second-order valence-corrected chi connectivity index (χ2v) is 9.83. The van der Waals surface area contributed by atoms with Crippen molar-refractivity contribution in [2.75, 3.05) is 25.6 Å². The van der Waals surface area contributed by atoms with Crippen molar-refractivity contribution in [1.29, 1.82) is 0 Å². The van der Waals surface area contributed by atoms with Crippen molar-refractivity contribution in [3.05, 3.63) is 48.3 Å². The Hall–Kier alpha value is -2.98. The molecule has 0 radical (unpaired) electrons. The molecule has 10 heteroatoms. The Kier molecular flexibility index (Phi) is 6.71. The average Bonchev–Trinajstić information content (AvgIpc) is 3.20. The lowest BCUT2D eigenvalue weighted by Crippen LogP contribution is -2.23. The maximum Gasteiger partial charge on any atom is 0.241 e. The summed E-state index contributed by atoms with van der Waals surface area (Å²) in [5, 5.41) is 13.6. The van der Waals surface area contributed by atoms with E-state index in [1.165, 1.54) is 19.3 Å². The lowest BCUT2D eigenvalue weighted by molar-refractivity contribution is 0.131. The van der Waals surface area contributed by atoms with Gasteiger partial charge in [-0.2, -0.15) is 0 Å². The molecule has 2 aromatic carbocycles. The first-order chi connectivity index (χ1) is 15.4. The maximum atomic E-state index is 13.0. The zero-order valence-corrected chi connectivity index (χ0v) is 19.1. The molecule has 0 saturated heterocycles. The molecular weight excluding hydrogens is 428 g/mol. The molecule has 0 bridgehead atoms. The fourth-order valence-electron chi connectivity index (χ4n) is 3.57. The number of fused-ring (bicyclic) bond motifs is 1. The molecule has 0 amide bonds. The minimum Gasteiger partial charge on any atom is -0.394 e. The summed E-state index contributed by atoms with van der Waals surface area (Å²) in [5.74, 6) is 0.553. The molecule has 0 atom stereocenters. The van der Waals surface area contributed by atoms with E-state index in [2.05, 4.69) is 20.2 Å². The zero-order chi connectivity index (χ0) is 22.6. The normalized spacial score (nSPS) is 14.7. The number of aromatic nitrogens is 3. The van der Waals surface area contributed by atoms with Crippen LogP contribution < -0.4 is 9.62 Å². The standard InChI is InChI=1S/C22H28N6O3S/c1-27(2)21-10-4-9-20-19(21)8-5-11-22(20)32(29,30)24-15-18-16-28(26-25-18)12-13-31-23-14-17-6-3-7-17/h4-5,8-11,14,16-17,24H,3,6-7,12-13,15H2,1-2H3/b23-14+. The first-order valence-corrected chi connectivity index (χ1v) is 12.2. The van der Waals surface area contributed by atoms with Crippen LogP contribution in [0.4, 0.5) is 5.69 Å². The molecule has 0 spiro atoms. The predicted molar refractivity (Wildman–Crippen MR) is 124 cm³/mol. The van der Waals surface area contributed by atoms with Gasteiger partial charge in [0.05, 0.1) is 23.7 Å². The number of benzene rings is 2. The molecule has 1 fully saturated rings. The number of anilines is 1. The van der Waals surface area contributed by atoms with E-state index in [4.69, 9.17) is 4.84 Å². The van der Waals surface area contributed by atoms with Gasteiger partial charge in [-0.25, -0.2) is 17.8 Å². The molecule has 1 N–H and O–H groups in total. The van der Waals surface area contributed by atoms with Crippen LogP contribution in [0.5, 0.6) is 0 Å². The fraction of sp³-hybridized carbons (Fsp3) is 0.409. The Morgan fingerprint density at radius 1 is 1.22 bits per heavy atom. The summed E-state index contributed by atoms with van der Waals surface area (Å²) in [6.07, 6.45) is 7.20. The number of oxime groups is 1. The van der Waals surface area contributed by atoms with Gasteiger partial charge >= 0.3 is 0 Å². The summed E-state index contributed by atoms with van der Waals surface area (Å²) >= 11 is 0. The van der Waals surface area contributed by atoms with Gasteiger partial charge in [-0.05, 0) is 30.9 Å². The third-order valence-corrected chi connectivity index (χ3v) is 7.03. The van der Waals surface area contributed by atoms with Gasteiger partial charge in [-0.3, -0.25) is 0 Å². The third-order valence-electron chi connectivity index (χ3n) is 5.57. The lowest BCUT2D eigenvalue weighted by atomic mass is 9.87. The number of hydrogen-bond donors (Lipinski definition) is 1. The minimum absolute atomic E-state index is 0.0484. The topological polar surface area (TPSA) is 102 Å². The Balaban J connectivity index is 1.37. The molecule has 9 nitrogen and oxygen atoms in total. The summed E-state index contributed by atoms with van der Waals surface area (Å²) < 4.78 is 30.3. The number of nitrogens with one attached hydrogen (secondary N) is 1. The van der Waals surface area contributed by atoms with E-state index >= 15 is 0 Å². The van der Waals surface area contributed by atoms with Gasteiger partial charge in [0.2, 0.25) is 10.0 Å². The van der Waals surface area contributed by atoms with Crippen LogP contribution in [0, 0.1) is 5.92 Å². The molecule has 1 aliphatic carbocycles. The van der Waals surface area contributed by atoms with Crippen LogP contribution in [-0.4, -0.2) is 50.3 Å². The van der Waals surface area contributed by atoms with E-state index in [0.29, 0.717) is 30.1 Å². The van der Waals surface area contributed by atoms with Gasteiger partial charge in [0, 0.05) is 43.0 Å². The van der Waals surface area contributed by atoms with E-state index in [1.54, 1.807) is 23.0 Å². The molecule has 0 unspecified atom stereocenters. The van der Waals surface area contributed by atoms with E-state index in [1.807, 2.05) is 49.5 Å². The predicted octanol–water partition coefficient (Wildman–Crippen LogP) is 2.78. The summed E-state index contributed by atoms with van der Waals surface area (Å²) in [7, 11) is 0.130. The van der Waals surface area contributed by atoms with Crippen LogP contribution in [0.25, 0.3) is 10.8 Å². The Bertz CT molecular complexity index is 1200. The quantitative estimate of drug-likeness (QED) is 0.286. The van der Waals surface area contributed by atoms with Gasteiger partial charge in [0.15, 0.2) is 0 Å². The van der Waals surface area contributed by atoms with E-state index in [0.717, 1.165) is 11.1 Å².